The SMILES string of the molecule is CC(=O)Nc1ccc(-c2csc3nc(Nc4ccc(-c5ccc(C)cc5)nn4)nn23)cc1. The second-order valence-electron chi connectivity index (χ2n) is 7.30. The lowest BCUT2D eigenvalue weighted by Crippen LogP contribution is -2.05. The van der Waals surface area contributed by atoms with E-state index in [-0.39, 0.29) is 5.91 Å². The molecule has 0 aliphatic heterocycles. The predicted octanol–water partition coefficient (Wildman–Crippen LogP) is 4.93. The van der Waals surface area contributed by atoms with E-state index >= 15 is 0 Å². The number of fused-ring (bicyclic) bond motifs is 1. The molecule has 1 amide bonds. The van der Waals surface area contributed by atoms with Crippen LogP contribution in [0.15, 0.2) is 66.0 Å². The Kier molecular flexibility index (Phi) is 5.08. The molecule has 0 saturated heterocycles. The van der Waals surface area contributed by atoms with Crippen molar-refractivity contribution in [1.82, 2.24) is 24.8 Å². The van der Waals surface area contributed by atoms with Crippen molar-refractivity contribution in [2.24, 2.45) is 0 Å². The van der Waals surface area contributed by atoms with Crippen molar-refractivity contribution in [3.63, 3.8) is 0 Å². The Hall–Kier alpha value is -4.11. The van der Waals surface area contributed by atoms with Gasteiger partial charge in [-0.05, 0) is 31.2 Å². The molecule has 0 radical (unpaired) electrons. The van der Waals surface area contributed by atoms with E-state index in [0.29, 0.717) is 11.8 Å². The molecule has 2 aromatic carbocycles. The number of thiazole rings is 1. The molecule has 0 aliphatic carbocycles. The van der Waals surface area contributed by atoms with Gasteiger partial charge in [0.1, 0.15) is 0 Å². The van der Waals surface area contributed by atoms with Gasteiger partial charge in [-0.2, -0.15) is 4.98 Å². The zero-order chi connectivity index (χ0) is 22.1. The van der Waals surface area contributed by atoms with Crippen molar-refractivity contribution >= 4 is 39.7 Å². The van der Waals surface area contributed by atoms with Gasteiger partial charge in [0.05, 0.1) is 11.4 Å². The van der Waals surface area contributed by atoms with Crippen LogP contribution < -0.4 is 10.6 Å². The van der Waals surface area contributed by atoms with Crippen molar-refractivity contribution in [1.29, 1.82) is 0 Å². The summed E-state index contributed by atoms with van der Waals surface area (Å²) in [6, 6.07) is 19.5. The van der Waals surface area contributed by atoms with Crippen LogP contribution in [0, 0.1) is 6.92 Å². The van der Waals surface area contributed by atoms with Gasteiger partial charge in [-0.3, -0.25) is 4.79 Å². The Bertz CT molecular complexity index is 1390. The first-order valence-electron chi connectivity index (χ1n) is 9.95. The fourth-order valence-corrected chi connectivity index (χ4v) is 4.08. The molecule has 0 aliphatic rings. The second-order valence-corrected chi connectivity index (χ2v) is 8.14. The number of nitrogens with zero attached hydrogens (tertiary/aromatic N) is 5. The molecule has 3 aromatic heterocycles. The lowest BCUT2D eigenvalue weighted by Gasteiger charge is -2.04. The maximum absolute atomic E-state index is 11.2. The summed E-state index contributed by atoms with van der Waals surface area (Å²) < 4.78 is 1.79. The van der Waals surface area contributed by atoms with Crippen LogP contribution in [0.1, 0.15) is 12.5 Å². The van der Waals surface area contributed by atoms with E-state index in [1.165, 1.54) is 23.8 Å². The number of aromatic nitrogens is 5. The number of carbonyl (C=O) groups is 1. The number of benzene rings is 2. The molecule has 0 atom stereocenters. The zero-order valence-corrected chi connectivity index (χ0v) is 18.2. The molecule has 0 spiro atoms. The average Bonchev–Trinajstić information content (AvgIpc) is 3.35. The van der Waals surface area contributed by atoms with Crippen LogP contribution in [0.4, 0.5) is 17.5 Å². The van der Waals surface area contributed by atoms with Gasteiger partial charge < -0.3 is 10.6 Å². The number of hydrogen-bond donors (Lipinski definition) is 2. The molecule has 2 N–H and O–H groups in total. The molecule has 3 heterocycles. The van der Waals surface area contributed by atoms with Crippen LogP contribution in [0.5, 0.6) is 0 Å². The molecular formula is C23H19N7OS. The summed E-state index contributed by atoms with van der Waals surface area (Å²) in [6.45, 7) is 3.54. The summed E-state index contributed by atoms with van der Waals surface area (Å²) >= 11 is 1.50. The van der Waals surface area contributed by atoms with Crippen molar-refractivity contribution in [2.75, 3.05) is 10.6 Å². The number of nitrogens with one attached hydrogen (secondary N) is 2. The second kappa shape index (κ2) is 8.20. The van der Waals surface area contributed by atoms with Gasteiger partial charge in [0.25, 0.3) is 0 Å². The smallest absolute Gasteiger partial charge is 0.249 e. The molecule has 158 valence electrons. The van der Waals surface area contributed by atoms with Crippen molar-refractivity contribution < 1.29 is 4.79 Å². The number of anilines is 3. The summed E-state index contributed by atoms with van der Waals surface area (Å²) in [5.74, 6) is 0.920. The van der Waals surface area contributed by atoms with Gasteiger partial charge in [-0.15, -0.1) is 26.6 Å². The highest BCUT2D eigenvalue weighted by atomic mass is 32.1. The van der Waals surface area contributed by atoms with Crippen molar-refractivity contribution in [2.45, 2.75) is 13.8 Å². The quantitative estimate of drug-likeness (QED) is 0.402. The minimum atomic E-state index is -0.0994. The monoisotopic (exact) mass is 441 g/mol. The van der Waals surface area contributed by atoms with Gasteiger partial charge in [-0.25, -0.2) is 4.52 Å². The molecule has 0 fully saturated rings. The van der Waals surface area contributed by atoms with E-state index in [0.717, 1.165) is 33.2 Å². The van der Waals surface area contributed by atoms with Gasteiger partial charge in [0, 0.05) is 29.1 Å². The lowest BCUT2D eigenvalue weighted by molar-refractivity contribution is -0.114. The first kappa shape index (κ1) is 19.8. The van der Waals surface area contributed by atoms with Crippen LogP contribution in [0.3, 0.4) is 0 Å². The van der Waals surface area contributed by atoms with E-state index in [2.05, 4.69) is 50.0 Å². The standard InChI is InChI=1S/C23H19N7OS/c1-14-3-5-16(6-4-14)19-11-12-21(28-27-19)25-22-26-23-30(29-22)20(13-32-23)17-7-9-18(10-8-17)24-15(2)31/h3-13H,1-2H3,(H,24,31)(H,25,28,29). The Morgan fingerprint density at radius 2 is 1.69 bits per heavy atom. The van der Waals surface area contributed by atoms with Gasteiger partial charge in [0.2, 0.25) is 16.8 Å². The van der Waals surface area contributed by atoms with E-state index in [1.807, 2.05) is 53.9 Å². The summed E-state index contributed by atoms with van der Waals surface area (Å²) in [7, 11) is 0. The van der Waals surface area contributed by atoms with Crippen molar-refractivity contribution in [3.05, 3.63) is 71.6 Å². The van der Waals surface area contributed by atoms with E-state index in [9.17, 15) is 4.79 Å². The summed E-state index contributed by atoms with van der Waals surface area (Å²) in [6.07, 6.45) is 0. The lowest BCUT2D eigenvalue weighted by atomic mass is 10.1. The van der Waals surface area contributed by atoms with Crippen LogP contribution in [0.2, 0.25) is 0 Å². The molecule has 5 rings (SSSR count). The predicted molar refractivity (Wildman–Crippen MR) is 126 cm³/mol. The third kappa shape index (κ3) is 4.06. The summed E-state index contributed by atoms with van der Waals surface area (Å²) in [5, 5.41) is 21.0. The third-order valence-electron chi connectivity index (χ3n) is 4.83. The van der Waals surface area contributed by atoms with Gasteiger partial charge >= 0.3 is 0 Å². The molecule has 0 bridgehead atoms. The van der Waals surface area contributed by atoms with Crippen LogP contribution in [0.25, 0.3) is 27.5 Å². The van der Waals surface area contributed by atoms with E-state index < -0.39 is 0 Å². The number of amides is 1. The topological polar surface area (TPSA) is 97.1 Å². The van der Waals surface area contributed by atoms with Gasteiger partial charge in [-0.1, -0.05) is 42.0 Å². The van der Waals surface area contributed by atoms with E-state index in [1.54, 1.807) is 4.52 Å². The number of aryl methyl sites for hydroxylation is 1. The van der Waals surface area contributed by atoms with Crippen molar-refractivity contribution in [3.8, 4) is 22.5 Å². The Balaban J connectivity index is 1.35. The molecule has 0 saturated carbocycles. The Morgan fingerprint density at radius 3 is 2.38 bits per heavy atom. The number of hydrogen-bond acceptors (Lipinski definition) is 7. The largest absolute Gasteiger partial charge is 0.326 e. The Morgan fingerprint density at radius 1 is 0.938 bits per heavy atom. The highest BCUT2D eigenvalue weighted by Gasteiger charge is 2.12. The molecule has 5 aromatic rings. The highest BCUT2D eigenvalue weighted by Crippen LogP contribution is 2.27. The first-order valence-corrected chi connectivity index (χ1v) is 10.8. The fraction of sp³-hybridized carbons (Fsp3) is 0.0870. The fourth-order valence-electron chi connectivity index (χ4n) is 3.25. The van der Waals surface area contributed by atoms with E-state index in [4.69, 9.17) is 0 Å². The van der Waals surface area contributed by atoms with Crippen LogP contribution in [-0.2, 0) is 4.79 Å². The molecule has 8 nitrogen and oxygen atoms in total. The molecule has 9 heteroatoms. The maximum atomic E-state index is 11.2. The molecule has 0 unspecified atom stereocenters. The first-order chi connectivity index (χ1) is 15.5. The minimum absolute atomic E-state index is 0.0994. The minimum Gasteiger partial charge on any atom is -0.326 e. The Labute approximate surface area is 188 Å². The average molecular weight is 442 g/mol. The summed E-state index contributed by atoms with van der Waals surface area (Å²) in [5.41, 5.74) is 5.67. The van der Waals surface area contributed by atoms with Crippen LogP contribution in [-0.4, -0.2) is 30.7 Å². The highest BCUT2D eigenvalue weighted by molar-refractivity contribution is 7.15. The van der Waals surface area contributed by atoms with Crippen LogP contribution >= 0.6 is 11.3 Å². The third-order valence-corrected chi connectivity index (χ3v) is 5.65. The number of carbonyl (C=O) groups excluding carboxylic acids is 1. The molecule has 32 heavy (non-hydrogen) atoms. The maximum Gasteiger partial charge on any atom is 0.249 e. The number of rotatable bonds is 5. The molecular weight excluding hydrogens is 422 g/mol. The normalized spacial score (nSPS) is 10.9. The zero-order valence-electron chi connectivity index (χ0n) is 17.4. The summed E-state index contributed by atoms with van der Waals surface area (Å²) in [4.78, 5) is 16.5. The van der Waals surface area contributed by atoms with Gasteiger partial charge in [0.15, 0.2) is 5.82 Å².